The van der Waals surface area contributed by atoms with Crippen LogP contribution in [-0.2, 0) is 6.42 Å². The van der Waals surface area contributed by atoms with Gasteiger partial charge in [0.05, 0.1) is 11.7 Å². The van der Waals surface area contributed by atoms with Crippen molar-refractivity contribution in [1.29, 1.82) is 0 Å². The van der Waals surface area contributed by atoms with Gasteiger partial charge in [0.2, 0.25) is 0 Å². The molecular formula is C13H19N3. The molecule has 0 saturated carbocycles. The highest BCUT2D eigenvalue weighted by atomic mass is 15.1. The van der Waals surface area contributed by atoms with E-state index in [2.05, 4.69) is 60.6 Å². The SMILES string of the molecule is Cc1ccc2cnc(CC(C)N(C)C)n2c1. The van der Waals surface area contributed by atoms with E-state index in [1.165, 1.54) is 11.1 Å². The molecule has 0 aliphatic heterocycles. The number of likely N-dealkylation sites (N-methyl/N-ethyl adjacent to an activating group) is 1. The third-order valence-corrected chi connectivity index (χ3v) is 3.11. The Bertz CT molecular complexity index is 485. The fourth-order valence-electron chi connectivity index (χ4n) is 1.75. The van der Waals surface area contributed by atoms with Crippen molar-refractivity contribution in [3.8, 4) is 0 Å². The maximum Gasteiger partial charge on any atom is 0.114 e. The number of aromatic nitrogens is 2. The lowest BCUT2D eigenvalue weighted by Gasteiger charge is -2.18. The molecule has 2 rings (SSSR count). The van der Waals surface area contributed by atoms with Gasteiger partial charge in [-0.3, -0.25) is 0 Å². The molecule has 0 aliphatic carbocycles. The highest BCUT2D eigenvalue weighted by Crippen LogP contribution is 2.11. The Morgan fingerprint density at radius 2 is 2.12 bits per heavy atom. The zero-order valence-electron chi connectivity index (χ0n) is 10.4. The number of fused-ring (bicyclic) bond motifs is 1. The normalized spacial score (nSPS) is 13.6. The third kappa shape index (κ3) is 2.09. The smallest absolute Gasteiger partial charge is 0.114 e. The van der Waals surface area contributed by atoms with Crippen LogP contribution in [0.2, 0.25) is 0 Å². The predicted octanol–water partition coefficient (Wildman–Crippen LogP) is 2.14. The van der Waals surface area contributed by atoms with Gasteiger partial charge < -0.3 is 9.30 Å². The fourth-order valence-corrected chi connectivity index (χ4v) is 1.75. The molecule has 2 aromatic heterocycles. The van der Waals surface area contributed by atoms with Crippen molar-refractivity contribution in [3.63, 3.8) is 0 Å². The fraction of sp³-hybridized carbons (Fsp3) is 0.462. The Kier molecular flexibility index (Phi) is 2.97. The van der Waals surface area contributed by atoms with E-state index in [0.29, 0.717) is 6.04 Å². The Morgan fingerprint density at radius 1 is 1.38 bits per heavy atom. The summed E-state index contributed by atoms with van der Waals surface area (Å²) in [7, 11) is 4.21. The van der Waals surface area contributed by atoms with Crippen LogP contribution in [0.3, 0.4) is 0 Å². The van der Waals surface area contributed by atoms with Gasteiger partial charge in [-0.25, -0.2) is 4.98 Å². The molecule has 3 nitrogen and oxygen atoms in total. The Morgan fingerprint density at radius 3 is 2.81 bits per heavy atom. The molecule has 0 fully saturated rings. The minimum atomic E-state index is 0.506. The van der Waals surface area contributed by atoms with Gasteiger partial charge in [-0.1, -0.05) is 6.07 Å². The Hall–Kier alpha value is -1.35. The lowest BCUT2D eigenvalue weighted by molar-refractivity contribution is 0.308. The standard InChI is InChI=1S/C13H19N3/c1-10-5-6-12-8-14-13(16(12)9-10)7-11(2)15(3)4/h5-6,8-9,11H,7H2,1-4H3. The lowest BCUT2D eigenvalue weighted by Crippen LogP contribution is -2.27. The molecule has 2 heterocycles. The van der Waals surface area contributed by atoms with E-state index in [4.69, 9.17) is 0 Å². The maximum absolute atomic E-state index is 4.50. The topological polar surface area (TPSA) is 20.5 Å². The molecule has 0 amide bonds. The predicted molar refractivity (Wildman–Crippen MR) is 66.8 cm³/mol. The van der Waals surface area contributed by atoms with Gasteiger partial charge in [0.25, 0.3) is 0 Å². The second-order valence-corrected chi connectivity index (χ2v) is 4.69. The average molecular weight is 217 g/mol. The Labute approximate surface area is 96.7 Å². The van der Waals surface area contributed by atoms with E-state index in [1.807, 2.05) is 6.20 Å². The molecule has 0 aromatic carbocycles. The summed E-state index contributed by atoms with van der Waals surface area (Å²) in [4.78, 5) is 6.71. The highest BCUT2D eigenvalue weighted by Gasteiger charge is 2.10. The van der Waals surface area contributed by atoms with Crippen molar-refractivity contribution in [2.45, 2.75) is 26.3 Å². The van der Waals surface area contributed by atoms with Crippen LogP contribution in [0, 0.1) is 6.92 Å². The number of imidazole rings is 1. The number of pyridine rings is 1. The summed E-state index contributed by atoms with van der Waals surface area (Å²) in [6.07, 6.45) is 5.07. The summed E-state index contributed by atoms with van der Waals surface area (Å²) in [5.41, 5.74) is 2.44. The molecule has 86 valence electrons. The molecule has 0 aliphatic rings. The van der Waals surface area contributed by atoms with Crippen molar-refractivity contribution in [2.75, 3.05) is 14.1 Å². The summed E-state index contributed by atoms with van der Waals surface area (Å²) < 4.78 is 2.19. The number of hydrogen-bond acceptors (Lipinski definition) is 2. The Balaban J connectivity index is 2.34. The van der Waals surface area contributed by atoms with Crippen LogP contribution >= 0.6 is 0 Å². The first-order chi connectivity index (χ1) is 7.58. The van der Waals surface area contributed by atoms with Gasteiger partial charge in [0.15, 0.2) is 0 Å². The van der Waals surface area contributed by atoms with Crippen LogP contribution in [0.5, 0.6) is 0 Å². The molecule has 0 N–H and O–H groups in total. The molecule has 0 saturated heterocycles. The van der Waals surface area contributed by atoms with Crippen LogP contribution < -0.4 is 0 Å². The summed E-state index contributed by atoms with van der Waals surface area (Å²) in [6, 6.07) is 4.74. The summed E-state index contributed by atoms with van der Waals surface area (Å²) in [6.45, 7) is 4.33. The second-order valence-electron chi connectivity index (χ2n) is 4.69. The molecule has 1 atom stereocenters. The number of aryl methyl sites for hydroxylation is 1. The van der Waals surface area contributed by atoms with E-state index in [0.717, 1.165) is 12.2 Å². The molecule has 1 unspecified atom stereocenters. The second kappa shape index (κ2) is 4.26. The first-order valence-corrected chi connectivity index (χ1v) is 5.67. The molecule has 0 spiro atoms. The van der Waals surface area contributed by atoms with Crippen LogP contribution in [0.15, 0.2) is 24.5 Å². The summed E-state index contributed by atoms with van der Waals surface area (Å²) in [5, 5.41) is 0. The molecule has 0 bridgehead atoms. The minimum Gasteiger partial charge on any atom is -0.306 e. The van der Waals surface area contributed by atoms with E-state index in [1.54, 1.807) is 0 Å². The zero-order valence-corrected chi connectivity index (χ0v) is 10.4. The van der Waals surface area contributed by atoms with Crippen molar-refractivity contribution >= 4 is 5.52 Å². The third-order valence-electron chi connectivity index (χ3n) is 3.11. The maximum atomic E-state index is 4.50. The van der Waals surface area contributed by atoms with Gasteiger partial charge in [-0.05, 0) is 39.6 Å². The van der Waals surface area contributed by atoms with Crippen molar-refractivity contribution < 1.29 is 0 Å². The molecule has 3 heteroatoms. The van der Waals surface area contributed by atoms with Crippen LogP contribution in [0.4, 0.5) is 0 Å². The van der Waals surface area contributed by atoms with E-state index < -0.39 is 0 Å². The monoisotopic (exact) mass is 217 g/mol. The molecule has 16 heavy (non-hydrogen) atoms. The van der Waals surface area contributed by atoms with E-state index >= 15 is 0 Å². The van der Waals surface area contributed by atoms with E-state index in [-0.39, 0.29) is 0 Å². The lowest BCUT2D eigenvalue weighted by atomic mass is 10.2. The van der Waals surface area contributed by atoms with Crippen LogP contribution in [0.1, 0.15) is 18.3 Å². The van der Waals surface area contributed by atoms with Gasteiger partial charge in [-0.2, -0.15) is 0 Å². The van der Waals surface area contributed by atoms with Crippen molar-refractivity contribution in [2.24, 2.45) is 0 Å². The summed E-state index contributed by atoms with van der Waals surface area (Å²) >= 11 is 0. The van der Waals surface area contributed by atoms with E-state index in [9.17, 15) is 0 Å². The molecule has 0 radical (unpaired) electrons. The highest BCUT2D eigenvalue weighted by molar-refractivity contribution is 5.46. The number of nitrogens with zero attached hydrogens (tertiary/aromatic N) is 3. The number of hydrogen-bond donors (Lipinski definition) is 0. The first-order valence-electron chi connectivity index (χ1n) is 5.67. The zero-order chi connectivity index (χ0) is 11.7. The van der Waals surface area contributed by atoms with Gasteiger partial charge in [-0.15, -0.1) is 0 Å². The van der Waals surface area contributed by atoms with Crippen LogP contribution in [-0.4, -0.2) is 34.4 Å². The largest absolute Gasteiger partial charge is 0.306 e. The van der Waals surface area contributed by atoms with Crippen LogP contribution in [0.25, 0.3) is 5.52 Å². The molecular weight excluding hydrogens is 198 g/mol. The van der Waals surface area contributed by atoms with Gasteiger partial charge in [0.1, 0.15) is 5.82 Å². The van der Waals surface area contributed by atoms with Gasteiger partial charge in [0, 0.05) is 18.7 Å². The van der Waals surface area contributed by atoms with Gasteiger partial charge >= 0.3 is 0 Å². The molecule has 2 aromatic rings. The van der Waals surface area contributed by atoms with Crippen molar-refractivity contribution in [1.82, 2.24) is 14.3 Å². The number of rotatable bonds is 3. The minimum absolute atomic E-state index is 0.506. The van der Waals surface area contributed by atoms with Crippen molar-refractivity contribution in [3.05, 3.63) is 35.9 Å². The quantitative estimate of drug-likeness (QED) is 0.785. The average Bonchev–Trinajstić information content (AvgIpc) is 2.61. The summed E-state index contributed by atoms with van der Waals surface area (Å²) in [5.74, 6) is 1.14. The first kappa shape index (κ1) is 11.1.